The molecule has 1 aromatic rings. The van der Waals surface area contributed by atoms with E-state index in [4.69, 9.17) is 19.9 Å². The minimum absolute atomic E-state index is 0.0498. The largest absolute Gasteiger partial charge is 0.458 e. The van der Waals surface area contributed by atoms with Crippen LogP contribution in [0.25, 0.3) is 0 Å². The maximum Gasteiger partial charge on any atom is 0.336 e. The van der Waals surface area contributed by atoms with E-state index in [0.717, 1.165) is 24.8 Å². The molecular weight excluding hydrogens is 524 g/mol. The summed E-state index contributed by atoms with van der Waals surface area (Å²) < 4.78 is 17.3. The average Bonchev–Trinajstić information content (AvgIpc) is 3.24. The van der Waals surface area contributed by atoms with Crippen LogP contribution in [0.15, 0.2) is 42.4 Å². The van der Waals surface area contributed by atoms with Crippen LogP contribution in [-0.4, -0.2) is 69.2 Å². The summed E-state index contributed by atoms with van der Waals surface area (Å²) in [6.07, 6.45) is 5.00. The Hall–Kier alpha value is -3.58. The number of hydrogen-bond donors (Lipinski definition) is 1. The Bertz CT molecular complexity index is 1290. The zero-order valence-corrected chi connectivity index (χ0v) is 23.8. The van der Waals surface area contributed by atoms with E-state index in [1.54, 1.807) is 25.7 Å². The van der Waals surface area contributed by atoms with Gasteiger partial charge in [-0.1, -0.05) is 30.3 Å². The highest BCUT2D eigenvalue weighted by molar-refractivity contribution is 6.08. The van der Waals surface area contributed by atoms with Gasteiger partial charge in [-0.25, -0.2) is 4.79 Å². The molecule has 1 saturated carbocycles. The third-order valence-electron chi connectivity index (χ3n) is 9.23. The molecule has 2 bridgehead atoms. The standard InChI is InChI=1S/C31H38N4O6/c1-30(2,3)41-29(38)31(33,28(37)35-23(16-32)12-19-13-24(19)35)20-14-21-9-10-22(15-20)34(21)27(36)25-17-39-26(40-25)11-18-7-5-4-6-8-18/h4-8,17,19-24,26H,9-15,33H2,1-3H3/t19-,20?,21?,22?,23+,24+,26?,31+/m1/s1. The maximum absolute atomic E-state index is 14.2. The molecule has 0 aromatic heterocycles. The molecule has 6 rings (SSSR count). The number of likely N-dealkylation sites (tertiary alicyclic amines) is 1. The molecule has 5 aliphatic rings. The molecule has 4 fully saturated rings. The third-order valence-corrected chi connectivity index (χ3v) is 9.23. The molecule has 7 atom stereocenters. The summed E-state index contributed by atoms with van der Waals surface area (Å²) in [6.45, 7) is 5.23. The highest BCUT2D eigenvalue weighted by atomic mass is 16.7. The van der Waals surface area contributed by atoms with Crippen molar-refractivity contribution in [2.24, 2.45) is 17.6 Å². The zero-order valence-electron chi connectivity index (χ0n) is 23.8. The molecule has 10 nitrogen and oxygen atoms in total. The summed E-state index contributed by atoms with van der Waals surface area (Å²) in [4.78, 5) is 44.9. The van der Waals surface area contributed by atoms with Crippen molar-refractivity contribution in [3.05, 3.63) is 47.9 Å². The van der Waals surface area contributed by atoms with Gasteiger partial charge in [0.15, 0.2) is 5.54 Å². The summed E-state index contributed by atoms with van der Waals surface area (Å²) in [5, 5.41) is 9.75. The predicted octanol–water partition coefficient (Wildman–Crippen LogP) is 2.77. The van der Waals surface area contributed by atoms with Crippen molar-refractivity contribution in [3.8, 4) is 6.07 Å². The van der Waals surface area contributed by atoms with Crippen LogP contribution in [-0.2, 0) is 35.0 Å². The van der Waals surface area contributed by atoms with Gasteiger partial charge in [0.1, 0.15) is 17.9 Å². The van der Waals surface area contributed by atoms with Gasteiger partial charge in [-0.05, 0) is 70.8 Å². The average molecular weight is 563 g/mol. The maximum atomic E-state index is 14.2. The van der Waals surface area contributed by atoms with Crippen LogP contribution in [0.2, 0.25) is 0 Å². The summed E-state index contributed by atoms with van der Waals surface area (Å²) in [5.74, 6) is -1.62. The second-order valence-corrected chi connectivity index (χ2v) is 13.1. The molecule has 3 saturated heterocycles. The van der Waals surface area contributed by atoms with Crippen molar-refractivity contribution in [1.82, 2.24) is 9.80 Å². The number of ether oxygens (including phenoxy) is 3. The first-order valence-electron chi connectivity index (χ1n) is 14.6. The summed E-state index contributed by atoms with van der Waals surface area (Å²) in [6, 6.07) is 11.0. The fourth-order valence-electron chi connectivity index (χ4n) is 7.21. The van der Waals surface area contributed by atoms with Gasteiger partial charge >= 0.3 is 5.97 Å². The number of nitrogens with two attached hydrogens (primary N) is 1. The van der Waals surface area contributed by atoms with E-state index in [1.165, 1.54) is 6.26 Å². The quantitative estimate of drug-likeness (QED) is 0.413. The van der Waals surface area contributed by atoms with Gasteiger partial charge in [-0.15, -0.1) is 0 Å². The van der Waals surface area contributed by atoms with Gasteiger partial charge in [0, 0.05) is 30.5 Å². The van der Waals surface area contributed by atoms with E-state index >= 15 is 0 Å². The van der Waals surface area contributed by atoms with Crippen molar-refractivity contribution >= 4 is 17.8 Å². The van der Waals surface area contributed by atoms with E-state index in [2.05, 4.69) is 6.07 Å². The lowest BCUT2D eigenvalue weighted by atomic mass is 9.74. The molecule has 0 radical (unpaired) electrons. The lowest BCUT2D eigenvalue weighted by molar-refractivity contribution is -0.172. The molecule has 41 heavy (non-hydrogen) atoms. The van der Waals surface area contributed by atoms with Crippen LogP contribution in [0.4, 0.5) is 0 Å². The zero-order chi connectivity index (χ0) is 29.1. The summed E-state index contributed by atoms with van der Waals surface area (Å²) in [7, 11) is 0. The third kappa shape index (κ3) is 4.94. The molecule has 1 aliphatic carbocycles. The summed E-state index contributed by atoms with van der Waals surface area (Å²) in [5.41, 5.74) is 5.15. The number of esters is 1. The van der Waals surface area contributed by atoms with Crippen molar-refractivity contribution in [2.45, 2.75) is 107 Å². The second kappa shape index (κ2) is 10.1. The lowest BCUT2D eigenvalue weighted by Crippen LogP contribution is -2.69. The predicted molar refractivity (Wildman–Crippen MR) is 146 cm³/mol. The molecule has 2 amide bonds. The van der Waals surface area contributed by atoms with Crippen LogP contribution in [0.5, 0.6) is 0 Å². The number of benzene rings is 1. The number of fused-ring (bicyclic) bond motifs is 3. The first-order chi connectivity index (χ1) is 19.5. The monoisotopic (exact) mass is 562 g/mol. The fraction of sp³-hybridized carbons (Fsp3) is 0.613. The molecule has 0 spiro atoms. The van der Waals surface area contributed by atoms with Gasteiger partial charge < -0.3 is 29.7 Å². The number of nitrogens with zero attached hydrogens (tertiary/aromatic N) is 3. The molecule has 3 unspecified atom stereocenters. The highest BCUT2D eigenvalue weighted by Gasteiger charge is 2.63. The Morgan fingerprint density at radius 2 is 1.73 bits per heavy atom. The SMILES string of the molecule is CC(C)(C)OC(=O)[C@@](N)(C(=O)N1[C@H](C#N)C[C@@H]2C[C@@H]21)C1CC2CCC(C1)N2C(=O)C1=COC(Cc2ccccc2)O1. The van der Waals surface area contributed by atoms with Gasteiger partial charge in [0.05, 0.1) is 6.07 Å². The van der Waals surface area contributed by atoms with Crippen LogP contribution >= 0.6 is 0 Å². The van der Waals surface area contributed by atoms with E-state index in [1.807, 2.05) is 35.2 Å². The number of carbonyl (C=O) groups excluding carboxylic acids is 3. The van der Waals surface area contributed by atoms with Gasteiger partial charge in [-0.2, -0.15) is 5.26 Å². The number of nitriles is 1. The topological polar surface area (TPSA) is 135 Å². The van der Waals surface area contributed by atoms with Crippen LogP contribution in [0, 0.1) is 23.2 Å². The smallest absolute Gasteiger partial charge is 0.336 e. The van der Waals surface area contributed by atoms with Crippen LogP contribution in [0.3, 0.4) is 0 Å². The van der Waals surface area contributed by atoms with Crippen LogP contribution < -0.4 is 5.73 Å². The molecule has 218 valence electrons. The van der Waals surface area contributed by atoms with Crippen molar-refractivity contribution < 1.29 is 28.6 Å². The van der Waals surface area contributed by atoms with Crippen molar-refractivity contribution in [1.29, 1.82) is 5.26 Å². The second-order valence-electron chi connectivity index (χ2n) is 13.1. The van der Waals surface area contributed by atoms with E-state index in [-0.39, 0.29) is 35.7 Å². The number of carbonyl (C=O) groups is 3. The molecule has 10 heteroatoms. The molecule has 4 aliphatic heterocycles. The van der Waals surface area contributed by atoms with Gasteiger partial charge in [0.25, 0.3) is 11.8 Å². The molecule has 1 aromatic carbocycles. The summed E-state index contributed by atoms with van der Waals surface area (Å²) >= 11 is 0. The van der Waals surface area contributed by atoms with Crippen LogP contribution in [0.1, 0.15) is 64.9 Å². The Labute approximate surface area is 240 Å². The number of hydrogen-bond acceptors (Lipinski definition) is 8. The van der Waals surface area contributed by atoms with E-state index in [0.29, 0.717) is 25.7 Å². The van der Waals surface area contributed by atoms with E-state index in [9.17, 15) is 19.6 Å². The minimum Gasteiger partial charge on any atom is -0.458 e. The fourth-order valence-corrected chi connectivity index (χ4v) is 7.21. The Morgan fingerprint density at radius 1 is 1.05 bits per heavy atom. The number of rotatable bonds is 6. The Morgan fingerprint density at radius 3 is 2.37 bits per heavy atom. The highest BCUT2D eigenvalue weighted by Crippen LogP contribution is 2.50. The van der Waals surface area contributed by atoms with E-state index < -0.39 is 41.3 Å². The van der Waals surface area contributed by atoms with Gasteiger partial charge in [0.2, 0.25) is 12.0 Å². The van der Waals surface area contributed by atoms with Gasteiger partial charge in [-0.3, -0.25) is 9.59 Å². The first-order valence-corrected chi connectivity index (χ1v) is 14.6. The Balaban J connectivity index is 1.19. The number of amides is 2. The first kappa shape index (κ1) is 27.6. The number of piperidine rings is 2. The normalized spacial score (nSPS) is 33.0. The van der Waals surface area contributed by atoms with Crippen molar-refractivity contribution in [2.75, 3.05) is 0 Å². The Kier molecular flexibility index (Phi) is 6.76. The molecule has 4 heterocycles. The lowest BCUT2D eigenvalue weighted by Gasteiger charge is -2.46. The van der Waals surface area contributed by atoms with Crippen molar-refractivity contribution in [3.63, 3.8) is 0 Å². The molecular formula is C31H38N4O6. The minimum atomic E-state index is -1.94. The molecule has 2 N–H and O–H groups in total.